The number of nitrogens with zero attached hydrogens (tertiary/aromatic N) is 4. The molecule has 0 unspecified atom stereocenters. The zero-order valence-corrected chi connectivity index (χ0v) is 12.6. The minimum Gasteiger partial charge on any atom is -0.319 e. The molecular weight excluding hydrogens is 286 g/mol. The first kappa shape index (κ1) is 13.7. The van der Waals surface area contributed by atoms with Gasteiger partial charge in [-0.1, -0.05) is 43.4 Å². The second-order valence-corrected chi connectivity index (χ2v) is 5.53. The number of carbonyl (C=O) groups excluding carboxylic acids is 1. The van der Waals surface area contributed by atoms with Crippen molar-refractivity contribution in [3.8, 4) is 0 Å². The zero-order chi connectivity index (χ0) is 14.8. The first-order chi connectivity index (χ1) is 10.2. The largest absolute Gasteiger partial charge is 0.319 e. The van der Waals surface area contributed by atoms with Crippen LogP contribution < -0.4 is 5.32 Å². The molecular formula is C14H15N5OS. The maximum absolute atomic E-state index is 12.4. The topological polar surface area (TPSA) is 72.2 Å². The number of anilines is 1. The number of aryl methyl sites for hydroxylation is 2. The van der Waals surface area contributed by atoms with E-state index in [-0.39, 0.29) is 5.91 Å². The first-order valence-electron chi connectivity index (χ1n) is 6.81. The summed E-state index contributed by atoms with van der Waals surface area (Å²) in [6.45, 7) is 4.15. The van der Waals surface area contributed by atoms with Gasteiger partial charge in [0.05, 0.1) is 0 Å². The van der Waals surface area contributed by atoms with Crippen molar-refractivity contribution in [1.82, 2.24) is 19.8 Å². The number of aromatic nitrogens is 4. The van der Waals surface area contributed by atoms with E-state index in [1.807, 2.05) is 18.2 Å². The van der Waals surface area contributed by atoms with Gasteiger partial charge in [-0.3, -0.25) is 4.79 Å². The maximum Gasteiger partial charge on any atom is 0.286 e. The second-order valence-electron chi connectivity index (χ2n) is 4.58. The zero-order valence-electron chi connectivity index (χ0n) is 11.8. The van der Waals surface area contributed by atoms with Crippen molar-refractivity contribution in [2.45, 2.75) is 26.7 Å². The Labute approximate surface area is 125 Å². The molecule has 3 rings (SSSR count). The van der Waals surface area contributed by atoms with Crippen LogP contribution in [0.25, 0.3) is 4.96 Å². The molecule has 0 radical (unpaired) electrons. The lowest BCUT2D eigenvalue weighted by molar-refractivity contribution is 0.102. The number of rotatable bonds is 4. The van der Waals surface area contributed by atoms with Crippen molar-refractivity contribution in [1.29, 1.82) is 0 Å². The third-order valence-electron chi connectivity index (χ3n) is 3.32. The number of hydrogen-bond acceptors (Lipinski definition) is 5. The molecule has 6 nitrogen and oxygen atoms in total. The van der Waals surface area contributed by atoms with E-state index in [1.165, 1.54) is 22.2 Å². The molecule has 0 spiro atoms. The molecule has 0 bridgehead atoms. The van der Waals surface area contributed by atoms with Crippen LogP contribution in [-0.4, -0.2) is 25.7 Å². The van der Waals surface area contributed by atoms with E-state index in [0.717, 1.165) is 29.7 Å². The molecule has 0 aliphatic rings. The molecule has 21 heavy (non-hydrogen) atoms. The number of benzene rings is 1. The highest BCUT2D eigenvalue weighted by atomic mass is 32.1. The highest BCUT2D eigenvalue weighted by molar-refractivity contribution is 7.18. The number of nitrogens with one attached hydrogen (secondary N) is 1. The van der Waals surface area contributed by atoms with Crippen LogP contribution >= 0.6 is 11.3 Å². The van der Waals surface area contributed by atoms with E-state index in [9.17, 15) is 4.79 Å². The number of carbonyl (C=O) groups is 1. The normalized spacial score (nSPS) is 11.0. The Balaban J connectivity index is 1.92. The fourth-order valence-corrected chi connectivity index (χ4v) is 2.94. The lowest BCUT2D eigenvalue weighted by Crippen LogP contribution is -2.15. The van der Waals surface area contributed by atoms with Gasteiger partial charge < -0.3 is 5.32 Å². The van der Waals surface area contributed by atoms with Crippen molar-refractivity contribution in [2.24, 2.45) is 0 Å². The van der Waals surface area contributed by atoms with Crippen LogP contribution in [0.4, 0.5) is 5.69 Å². The third kappa shape index (κ3) is 2.52. The van der Waals surface area contributed by atoms with Gasteiger partial charge in [-0.25, -0.2) is 0 Å². The number of hydrogen-bond donors (Lipinski definition) is 1. The molecule has 0 saturated carbocycles. The molecule has 0 saturated heterocycles. The van der Waals surface area contributed by atoms with Crippen LogP contribution in [0.1, 0.15) is 34.8 Å². The molecule has 3 aromatic rings. The second kappa shape index (κ2) is 5.61. The molecule has 2 aromatic heterocycles. The Bertz CT molecular complexity index is 741. The van der Waals surface area contributed by atoms with Crippen molar-refractivity contribution in [3.63, 3.8) is 0 Å². The molecule has 108 valence electrons. The van der Waals surface area contributed by atoms with Crippen molar-refractivity contribution in [2.75, 3.05) is 5.32 Å². The van der Waals surface area contributed by atoms with E-state index >= 15 is 0 Å². The van der Waals surface area contributed by atoms with Gasteiger partial charge in [0.1, 0.15) is 6.33 Å². The maximum atomic E-state index is 12.4. The molecule has 1 aromatic carbocycles. The van der Waals surface area contributed by atoms with Crippen LogP contribution in [-0.2, 0) is 12.8 Å². The van der Waals surface area contributed by atoms with E-state index in [4.69, 9.17) is 0 Å². The Hall–Kier alpha value is -2.28. The van der Waals surface area contributed by atoms with Gasteiger partial charge in [0.25, 0.3) is 5.91 Å². The van der Waals surface area contributed by atoms with Crippen LogP contribution in [0.15, 0.2) is 24.5 Å². The summed E-state index contributed by atoms with van der Waals surface area (Å²) in [4.78, 5) is 13.0. The van der Waals surface area contributed by atoms with E-state index < -0.39 is 0 Å². The smallest absolute Gasteiger partial charge is 0.286 e. The average Bonchev–Trinajstić information content (AvgIpc) is 3.08. The third-order valence-corrected chi connectivity index (χ3v) is 4.23. The number of para-hydroxylation sites is 1. The van der Waals surface area contributed by atoms with Crippen molar-refractivity contribution in [3.05, 3.63) is 40.7 Å². The summed E-state index contributed by atoms with van der Waals surface area (Å²) in [7, 11) is 0. The lowest BCUT2D eigenvalue weighted by atomic mass is 10.0. The Morgan fingerprint density at radius 1 is 1.29 bits per heavy atom. The summed E-state index contributed by atoms with van der Waals surface area (Å²) in [5.74, 6) is -0.207. The van der Waals surface area contributed by atoms with Crippen molar-refractivity contribution < 1.29 is 4.79 Å². The fourth-order valence-electron chi connectivity index (χ4n) is 2.22. The van der Waals surface area contributed by atoms with Gasteiger partial charge in [-0.15, -0.1) is 15.3 Å². The average molecular weight is 301 g/mol. The quantitative estimate of drug-likeness (QED) is 0.804. The minimum absolute atomic E-state index is 0.207. The van der Waals surface area contributed by atoms with Gasteiger partial charge in [0, 0.05) is 5.69 Å². The van der Waals surface area contributed by atoms with Gasteiger partial charge in [-0.05, 0) is 24.0 Å². The number of amides is 1. The number of fused-ring (bicyclic) bond motifs is 1. The molecule has 0 aliphatic carbocycles. The predicted octanol–water partition coefficient (Wildman–Crippen LogP) is 2.56. The standard InChI is InChI=1S/C14H15N5OS/c1-3-9-6-5-7-10(4-2)11(9)16-12(20)13-18-19-8-15-17-14(19)21-13/h5-8H,3-4H2,1-2H3,(H,16,20). The predicted molar refractivity (Wildman–Crippen MR) is 81.8 cm³/mol. The summed E-state index contributed by atoms with van der Waals surface area (Å²) < 4.78 is 1.51. The van der Waals surface area contributed by atoms with Gasteiger partial charge in [0.2, 0.25) is 9.97 Å². The Kier molecular flexibility index (Phi) is 3.66. The summed E-state index contributed by atoms with van der Waals surface area (Å²) in [5, 5.41) is 15.2. The summed E-state index contributed by atoms with van der Waals surface area (Å²) in [6, 6.07) is 6.09. The van der Waals surface area contributed by atoms with E-state index in [2.05, 4.69) is 34.5 Å². The van der Waals surface area contributed by atoms with Crippen LogP contribution in [0, 0.1) is 0 Å². The summed E-state index contributed by atoms with van der Waals surface area (Å²) >= 11 is 1.22. The summed E-state index contributed by atoms with van der Waals surface area (Å²) in [6.07, 6.45) is 3.23. The molecule has 7 heteroatoms. The molecule has 0 fully saturated rings. The molecule has 0 atom stereocenters. The Morgan fingerprint density at radius 2 is 2.00 bits per heavy atom. The Morgan fingerprint density at radius 3 is 2.62 bits per heavy atom. The SMILES string of the molecule is CCc1cccc(CC)c1NC(=O)c1nn2cnnc2s1. The van der Waals surface area contributed by atoms with Gasteiger partial charge in [0.15, 0.2) is 0 Å². The van der Waals surface area contributed by atoms with E-state index in [0.29, 0.717) is 9.97 Å². The highest BCUT2D eigenvalue weighted by Crippen LogP contribution is 2.24. The van der Waals surface area contributed by atoms with Gasteiger partial charge in [-0.2, -0.15) is 4.52 Å². The molecule has 1 N–H and O–H groups in total. The van der Waals surface area contributed by atoms with E-state index in [1.54, 1.807) is 0 Å². The molecule has 2 heterocycles. The van der Waals surface area contributed by atoms with Crippen LogP contribution in [0.5, 0.6) is 0 Å². The summed E-state index contributed by atoms with van der Waals surface area (Å²) in [5.41, 5.74) is 3.16. The monoisotopic (exact) mass is 301 g/mol. The van der Waals surface area contributed by atoms with Crippen LogP contribution in [0.3, 0.4) is 0 Å². The highest BCUT2D eigenvalue weighted by Gasteiger charge is 2.16. The fraction of sp³-hybridized carbons (Fsp3) is 0.286. The molecule has 1 amide bonds. The first-order valence-corrected chi connectivity index (χ1v) is 7.63. The van der Waals surface area contributed by atoms with Crippen molar-refractivity contribution >= 4 is 27.9 Å². The van der Waals surface area contributed by atoms with Gasteiger partial charge >= 0.3 is 0 Å². The van der Waals surface area contributed by atoms with Crippen LogP contribution in [0.2, 0.25) is 0 Å². The lowest BCUT2D eigenvalue weighted by Gasteiger charge is -2.13. The molecule has 0 aliphatic heterocycles. The minimum atomic E-state index is -0.207.